The molecule has 0 unspecified atom stereocenters. The van der Waals surface area contributed by atoms with Crippen LogP contribution in [0.25, 0.3) is 0 Å². The van der Waals surface area contributed by atoms with Crippen molar-refractivity contribution in [3.8, 4) is 5.75 Å². The van der Waals surface area contributed by atoms with Crippen molar-refractivity contribution in [1.29, 1.82) is 0 Å². The maximum atomic E-state index is 12.5. The lowest BCUT2D eigenvalue weighted by atomic mass is 10.1. The Balaban J connectivity index is 2.30. The molecule has 2 N–H and O–H groups in total. The largest absolute Gasteiger partial charge is 0.495 e. The standard InChI is InChI=1S/C17H18N2O3/c1-11-8-9-16(22-3)15(10-11)19-17(21)13-6-4-5-7-14(13)18-12(2)20/h4-10H,1-3H3,(H,18,20)(H,19,21). The van der Waals surface area contributed by atoms with Gasteiger partial charge in [0.1, 0.15) is 5.75 Å². The van der Waals surface area contributed by atoms with Crippen molar-refractivity contribution in [1.82, 2.24) is 0 Å². The highest BCUT2D eigenvalue weighted by molar-refractivity contribution is 6.10. The van der Waals surface area contributed by atoms with Crippen LogP contribution in [0.4, 0.5) is 11.4 Å². The van der Waals surface area contributed by atoms with E-state index in [2.05, 4.69) is 10.6 Å². The SMILES string of the molecule is COc1ccc(C)cc1NC(=O)c1ccccc1NC(C)=O. The van der Waals surface area contributed by atoms with Gasteiger partial charge in [0.15, 0.2) is 0 Å². The summed E-state index contributed by atoms with van der Waals surface area (Å²) in [4.78, 5) is 23.7. The van der Waals surface area contributed by atoms with E-state index < -0.39 is 0 Å². The van der Waals surface area contributed by atoms with Crippen molar-refractivity contribution >= 4 is 23.2 Å². The number of benzene rings is 2. The summed E-state index contributed by atoms with van der Waals surface area (Å²) in [6.45, 7) is 3.33. The first-order valence-electron chi connectivity index (χ1n) is 6.84. The van der Waals surface area contributed by atoms with Gasteiger partial charge in [-0.1, -0.05) is 18.2 Å². The van der Waals surface area contributed by atoms with Gasteiger partial charge in [0.05, 0.1) is 24.0 Å². The highest BCUT2D eigenvalue weighted by Gasteiger charge is 2.14. The second-order valence-corrected chi connectivity index (χ2v) is 4.88. The summed E-state index contributed by atoms with van der Waals surface area (Å²) in [5.74, 6) is 0.0394. The fourth-order valence-corrected chi connectivity index (χ4v) is 2.09. The van der Waals surface area contributed by atoms with Gasteiger partial charge in [0.2, 0.25) is 5.91 Å². The first-order chi connectivity index (χ1) is 10.5. The third kappa shape index (κ3) is 3.63. The third-order valence-electron chi connectivity index (χ3n) is 3.09. The topological polar surface area (TPSA) is 67.4 Å². The Labute approximate surface area is 129 Å². The van der Waals surface area contributed by atoms with E-state index in [-0.39, 0.29) is 11.8 Å². The van der Waals surface area contributed by atoms with Gasteiger partial charge in [-0.15, -0.1) is 0 Å². The lowest BCUT2D eigenvalue weighted by molar-refractivity contribution is -0.114. The Hall–Kier alpha value is -2.82. The second-order valence-electron chi connectivity index (χ2n) is 4.88. The van der Waals surface area contributed by atoms with Crippen LogP contribution < -0.4 is 15.4 Å². The molecule has 2 rings (SSSR count). The van der Waals surface area contributed by atoms with Gasteiger partial charge >= 0.3 is 0 Å². The van der Waals surface area contributed by atoms with Gasteiger partial charge in [-0.25, -0.2) is 0 Å². The van der Waals surface area contributed by atoms with Crippen molar-refractivity contribution < 1.29 is 14.3 Å². The number of carbonyl (C=O) groups excluding carboxylic acids is 2. The molecule has 2 amide bonds. The van der Waals surface area contributed by atoms with E-state index >= 15 is 0 Å². The number of methoxy groups -OCH3 is 1. The molecule has 0 aliphatic heterocycles. The number of rotatable bonds is 4. The monoisotopic (exact) mass is 298 g/mol. The van der Waals surface area contributed by atoms with Gasteiger partial charge in [-0.3, -0.25) is 9.59 Å². The van der Waals surface area contributed by atoms with E-state index in [1.807, 2.05) is 19.1 Å². The number of hydrogen-bond donors (Lipinski definition) is 2. The molecule has 0 aromatic heterocycles. The molecule has 0 saturated heterocycles. The summed E-state index contributed by atoms with van der Waals surface area (Å²) < 4.78 is 5.25. The Morgan fingerprint density at radius 3 is 2.41 bits per heavy atom. The van der Waals surface area contributed by atoms with Crippen LogP contribution in [-0.4, -0.2) is 18.9 Å². The quantitative estimate of drug-likeness (QED) is 0.910. The molecule has 22 heavy (non-hydrogen) atoms. The number of amides is 2. The minimum absolute atomic E-state index is 0.228. The molecule has 0 atom stereocenters. The van der Waals surface area contributed by atoms with Crippen LogP contribution in [0.5, 0.6) is 5.75 Å². The molecule has 0 radical (unpaired) electrons. The molecule has 5 nitrogen and oxygen atoms in total. The van der Waals surface area contributed by atoms with Gasteiger partial charge in [0.25, 0.3) is 5.91 Å². The summed E-state index contributed by atoms with van der Waals surface area (Å²) in [5.41, 5.74) is 2.46. The fourth-order valence-electron chi connectivity index (χ4n) is 2.09. The van der Waals surface area contributed by atoms with E-state index in [0.29, 0.717) is 22.7 Å². The van der Waals surface area contributed by atoms with E-state index in [0.717, 1.165) is 5.56 Å². The summed E-state index contributed by atoms with van der Waals surface area (Å²) >= 11 is 0. The summed E-state index contributed by atoms with van der Waals surface area (Å²) in [7, 11) is 1.55. The van der Waals surface area contributed by atoms with Gasteiger partial charge in [-0.2, -0.15) is 0 Å². The summed E-state index contributed by atoms with van der Waals surface area (Å²) in [5, 5.41) is 5.47. The lowest BCUT2D eigenvalue weighted by Gasteiger charge is -2.13. The molecule has 0 fully saturated rings. The Morgan fingerprint density at radius 2 is 1.73 bits per heavy atom. The maximum absolute atomic E-state index is 12.5. The van der Waals surface area contributed by atoms with E-state index in [1.54, 1.807) is 37.4 Å². The van der Waals surface area contributed by atoms with Crippen LogP contribution in [0.3, 0.4) is 0 Å². The Bertz CT molecular complexity index is 711. The highest BCUT2D eigenvalue weighted by Crippen LogP contribution is 2.26. The highest BCUT2D eigenvalue weighted by atomic mass is 16.5. The molecule has 2 aromatic rings. The number of nitrogens with one attached hydrogen (secondary N) is 2. The number of ether oxygens (including phenoxy) is 1. The van der Waals surface area contributed by atoms with Gasteiger partial charge in [0, 0.05) is 6.92 Å². The van der Waals surface area contributed by atoms with Crippen LogP contribution in [0, 0.1) is 6.92 Å². The molecule has 0 heterocycles. The molecule has 0 aliphatic rings. The zero-order chi connectivity index (χ0) is 16.1. The molecule has 0 spiro atoms. The van der Waals surface area contributed by atoms with Crippen LogP contribution in [-0.2, 0) is 4.79 Å². The number of aryl methyl sites for hydroxylation is 1. The Morgan fingerprint density at radius 1 is 1.00 bits per heavy atom. The fraction of sp³-hybridized carbons (Fsp3) is 0.176. The van der Waals surface area contributed by atoms with E-state index in [4.69, 9.17) is 4.74 Å². The normalized spacial score (nSPS) is 9.95. The maximum Gasteiger partial charge on any atom is 0.257 e. The van der Waals surface area contributed by atoms with Crippen molar-refractivity contribution in [2.45, 2.75) is 13.8 Å². The average Bonchev–Trinajstić information content (AvgIpc) is 2.47. The van der Waals surface area contributed by atoms with Crippen molar-refractivity contribution in [2.75, 3.05) is 17.7 Å². The predicted molar refractivity (Wildman–Crippen MR) is 86.4 cm³/mol. The molecule has 0 bridgehead atoms. The summed E-state index contributed by atoms with van der Waals surface area (Å²) in [6, 6.07) is 12.4. The van der Waals surface area contributed by atoms with Gasteiger partial charge in [-0.05, 0) is 36.8 Å². The third-order valence-corrected chi connectivity index (χ3v) is 3.09. The van der Waals surface area contributed by atoms with Crippen LogP contribution in [0.1, 0.15) is 22.8 Å². The lowest BCUT2D eigenvalue weighted by Crippen LogP contribution is -2.17. The van der Waals surface area contributed by atoms with E-state index in [1.165, 1.54) is 6.92 Å². The Kier molecular flexibility index (Phi) is 4.78. The second kappa shape index (κ2) is 6.76. The van der Waals surface area contributed by atoms with Crippen LogP contribution in [0.2, 0.25) is 0 Å². The number of carbonyl (C=O) groups is 2. The molecule has 2 aromatic carbocycles. The van der Waals surface area contributed by atoms with Crippen molar-refractivity contribution in [3.05, 3.63) is 53.6 Å². The van der Waals surface area contributed by atoms with Crippen LogP contribution >= 0.6 is 0 Å². The molecule has 5 heteroatoms. The predicted octanol–water partition coefficient (Wildman–Crippen LogP) is 3.21. The number of hydrogen-bond acceptors (Lipinski definition) is 3. The minimum atomic E-state index is -0.312. The smallest absolute Gasteiger partial charge is 0.257 e. The molecular formula is C17H18N2O3. The zero-order valence-electron chi connectivity index (χ0n) is 12.8. The number of para-hydroxylation sites is 1. The minimum Gasteiger partial charge on any atom is -0.495 e. The van der Waals surface area contributed by atoms with Crippen molar-refractivity contribution in [3.63, 3.8) is 0 Å². The molecule has 114 valence electrons. The summed E-state index contributed by atoms with van der Waals surface area (Å²) in [6.07, 6.45) is 0. The van der Waals surface area contributed by atoms with Crippen LogP contribution in [0.15, 0.2) is 42.5 Å². The first-order valence-corrected chi connectivity index (χ1v) is 6.84. The average molecular weight is 298 g/mol. The van der Waals surface area contributed by atoms with E-state index in [9.17, 15) is 9.59 Å². The molecule has 0 aliphatic carbocycles. The molecule has 0 saturated carbocycles. The van der Waals surface area contributed by atoms with Crippen molar-refractivity contribution in [2.24, 2.45) is 0 Å². The number of anilines is 2. The first kappa shape index (κ1) is 15.6. The zero-order valence-corrected chi connectivity index (χ0v) is 12.8. The van der Waals surface area contributed by atoms with Gasteiger partial charge < -0.3 is 15.4 Å². The molecular weight excluding hydrogens is 280 g/mol.